The highest BCUT2D eigenvalue weighted by molar-refractivity contribution is 7.90. The number of carbonyl (C=O) groups is 2. The number of amides is 4. The molecule has 2 heterocycles. The molecule has 0 aromatic heterocycles. The number of anilines is 1. The van der Waals surface area contributed by atoms with Gasteiger partial charge in [-0.25, -0.2) is 22.9 Å². The molecule has 2 aliphatic rings. The summed E-state index contributed by atoms with van der Waals surface area (Å²) >= 11 is 0. The number of nitrogens with zero attached hydrogens (tertiary/aromatic N) is 5. The first-order valence-corrected chi connectivity index (χ1v) is 14.3. The Balaban J connectivity index is 2.00. The van der Waals surface area contributed by atoms with Gasteiger partial charge >= 0.3 is 18.2 Å². The molecule has 0 saturated carbocycles. The first kappa shape index (κ1) is 29.6. The number of piperidine rings is 1. The van der Waals surface area contributed by atoms with E-state index in [1.807, 2.05) is 12.1 Å². The highest BCUT2D eigenvalue weighted by atomic mass is 32.2. The maximum Gasteiger partial charge on any atom is 0.416 e. The second kappa shape index (κ2) is 10.9. The average Bonchev–Trinajstić information content (AvgIpc) is 2.91. The number of urea groups is 2. The van der Waals surface area contributed by atoms with Gasteiger partial charge in [-0.15, -0.1) is 0 Å². The van der Waals surface area contributed by atoms with E-state index in [1.54, 1.807) is 0 Å². The van der Waals surface area contributed by atoms with Crippen molar-refractivity contribution in [3.63, 3.8) is 0 Å². The molecule has 214 valence electrons. The maximum atomic E-state index is 14.1. The van der Waals surface area contributed by atoms with E-state index in [-0.39, 0.29) is 46.1 Å². The van der Waals surface area contributed by atoms with E-state index in [0.29, 0.717) is 17.7 Å². The molecule has 41 heavy (non-hydrogen) atoms. The van der Waals surface area contributed by atoms with Gasteiger partial charge in [0.15, 0.2) is 9.84 Å². The molecule has 0 spiro atoms. The van der Waals surface area contributed by atoms with Crippen LogP contribution in [-0.2, 0) is 16.0 Å². The number of nitriles is 2. The van der Waals surface area contributed by atoms with Crippen molar-refractivity contribution in [3.05, 3.63) is 70.4 Å². The van der Waals surface area contributed by atoms with Crippen LogP contribution in [0.5, 0.6) is 0 Å². The lowest BCUT2D eigenvalue weighted by atomic mass is 9.93. The molecule has 2 atom stereocenters. The number of carbonyl (C=O) groups excluding carboxylic acids is 2. The lowest BCUT2D eigenvalue weighted by molar-refractivity contribution is -0.137. The molecule has 2 aromatic rings. The van der Waals surface area contributed by atoms with Crippen LogP contribution in [0.3, 0.4) is 0 Å². The minimum absolute atomic E-state index is 0.0130. The standard InChI is InChI=1S/C27H25F3N6O4S/c1-16-22(14-32)24(21-9-8-17(13-31)11-23(21)41(2,39)40)36(25(37)34-10-4-6-19(33)15-34)26(38)35(16)20-7-3-5-18(12-20)27(28,29)30/h3,5,7-9,11-12,19,24H,4,6,10,15,33H2,1-2H3/t19-,24-/m1/s1. The quantitative estimate of drug-likeness (QED) is 0.563. The van der Waals surface area contributed by atoms with Crippen LogP contribution in [0.2, 0.25) is 0 Å². The number of hydrogen-bond acceptors (Lipinski definition) is 7. The Morgan fingerprint density at radius 2 is 1.83 bits per heavy atom. The molecule has 10 nitrogen and oxygen atoms in total. The monoisotopic (exact) mass is 586 g/mol. The molecule has 0 unspecified atom stereocenters. The average molecular weight is 587 g/mol. The zero-order valence-electron chi connectivity index (χ0n) is 22.0. The molecule has 0 aliphatic carbocycles. The number of rotatable bonds is 3. The molecule has 2 aliphatic heterocycles. The van der Waals surface area contributed by atoms with Gasteiger partial charge in [-0.1, -0.05) is 12.1 Å². The molecule has 4 rings (SSSR count). The van der Waals surface area contributed by atoms with Crippen molar-refractivity contribution < 1.29 is 31.2 Å². The molecule has 4 amide bonds. The fourth-order valence-electron chi connectivity index (χ4n) is 5.05. The lowest BCUT2D eigenvalue weighted by Crippen LogP contribution is -2.58. The third-order valence-electron chi connectivity index (χ3n) is 6.98. The predicted molar refractivity (Wildman–Crippen MR) is 141 cm³/mol. The van der Waals surface area contributed by atoms with E-state index in [4.69, 9.17) is 5.73 Å². The third-order valence-corrected chi connectivity index (χ3v) is 8.13. The Morgan fingerprint density at radius 3 is 2.41 bits per heavy atom. The molecular formula is C27H25F3N6O4S. The predicted octanol–water partition coefficient (Wildman–Crippen LogP) is 4.30. The topological polar surface area (TPSA) is 152 Å². The second-order valence-electron chi connectivity index (χ2n) is 9.82. The van der Waals surface area contributed by atoms with Crippen molar-refractivity contribution in [1.29, 1.82) is 10.5 Å². The molecular weight excluding hydrogens is 561 g/mol. The summed E-state index contributed by atoms with van der Waals surface area (Å²) in [6, 6.07) is 7.32. The van der Waals surface area contributed by atoms with Crippen LogP contribution in [0.15, 0.2) is 58.6 Å². The summed E-state index contributed by atoms with van der Waals surface area (Å²) in [5.41, 5.74) is 4.29. The van der Waals surface area contributed by atoms with Gasteiger partial charge in [0.05, 0.1) is 39.4 Å². The smallest absolute Gasteiger partial charge is 0.326 e. The fraction of sp³-hybridized carbons (Fsp3) is 0.333. The first-order valence-electron chi connectivity index (χ1n) is 12.4. The van der Waals surface area contributed by atoms with E-state index >= 15 is 0 Å². The van der Waals surface area contributed by atoms with Crippen LogP contribution in [0.4, 0.5) is 28.4 Å². The zero-order chi connectivity index (χ0) is 30.3. The van der Waals surface area contributed by atoms with E-state index in [2.05, 4.69) is 0 Å². The summed E-state index contributed by atoms with van der Waals surface area (Å²) in [5.74, 6) is 0. The van der Waals surface area contributed by atoms with Gasteiger partial charge in [0.25, 0.3) is 0 Å². The summed E-state index contributed by atoms with van der Waals surface area (Å²) < 4.78 is 66.2. The third kappa shape index (κ3) is 5.62. The van der Waals surface area contributed by atoms with Gasteiger partial charge in [-0.2, -0.15) is 23.7 Å². The summed E-state index contributed by atoms with van der Waals surface area (Å²) in [7, 11) is -4.06. The number of likely N-dealkylation sites (tertiary alicyclic amines) is 1. The van der Waals surface area contributed by atoms with E-state index in [0.717, 1.165) is 35.4 Å². The van der Waals surface area contributed by atoms with Gasteiger partial charge < -0.3 is 10.6 Å². The van der Waals surface area contributed by atoms with E-state index in [1.165, 1.54) is 30.0 Å². The molecule has 1 fully saturated rings. The summed E-state index contributed by atoms with van der Waals surface area (Å²) in [6.07, 6.45) is -2.72. The largest absolute Gasteiger partial charge is 0.416 e. The number of imide groups is 1. The zero-order valence-corrected chi connectivity index (χ0v) is 22.8. The van der Waals surface area contributed by atoms with Crippen molar-refractivity contribution in [2.75, 3.05) is 24.2 Å². The van der Waals surface area contributed by atoms with Gasteiger partial charge in [0.2, 0.25) is 0 Å². The number of benzene rings is 2. The van der Waals surface area contributed by atoms with Crippen molar-refractivity contribution in [2.45, 2.75) is 42.9 Å². The van der Waals surface area contributed by atoms with Crippen LogP contribution in [-0.4, -0.2) is 55.7 Å². The highest BCUT2D eigenvalue weighted by Gasteiger charge is 2.47. The minimum atomic E-state index is -4.74. The van der Waals surface area contributed by atoms with Crippen LogP contribution in [0, 0.1) is 22.7 Å². The SMILES string of the molecule is CC1=C(C#N)[C@@H](c2ccc(C#N)cc2S(C)(=O)=O)N(C(=O)N2CCC[C@@H](N)C2)C(=O)N1c1cccc(C(F)(F)F)c1. The number of sulfone groups is 1. The summed E-state index contributed by atoms with van der Waals surface area (Å²) in [6.45, 7) is 1.60. The van der Waals surface area contributed by atoms with E-state index in [9.17, 15) is 41.7 Å². The number of allylic oxidation sites excluding steroid dienone is 1. The lowest BCUT2D eigenvalue weighted by Gasteiger charge is -2.43. The summed E-state index contributed by atoms with van der Waals surface area (Å²) in [5, 5.41) is 19.6. The van der Waals surface area contributed by atoms with E-state index < -0.39 is 45.7 Å². The Labute approximate surface area is 234 Å². The van der Waals surface area contributed by atoms with Crippen molar-refractivity contribution in [3.8, 4) is 12.1 Å². The van der Waals surface area contributed by atoms with Crippen molar-refractivity contribution >= 4 is 27.6 Å². The van der Waals surface area contributed by atoms with Crippen molar-refractivity contribution in [1.82, 2.24) is 9.80 Å². The van der Waals surface area contributed by atoms with Crippen molar-refractivity contribution in [2.24, 2.45) is 5.73 Å². The molecule has 14 heteroatoms. The number of halogens is 3. The van der Waals surface area contributed by atoms with Gasteiger partial charge in [-0.05, 0) is 55.7 Å². The molecule has 0 bridgehead atoms. The van der Waals surface area contributed by atoms with Gasteiger partial charge in [-0.3, -0.25) is 4.90 Å². The number of hydrogen-bond donors (Lipinski definition) is 1. The highest BCUT2D eigenvalue weighted by Crippen LogP contribution is 2.43. The normalized spacial score (nSPS) is 20.1. The number of alkyl halides is 3. The second-order valence-corrected chi connectivity index (χ2v) is 11.8. The Kier molecular flexibility index (Phi) is 7.85. The Bertz CT molecular complexity index is 1640. The molecule has 2 aromatic carbocycles. The summed E-state index contributed by atoms with van der Waals surface area (Å²) in [4.78, 5) is 30.5. The van der Waals surface area contributed by atoms with Gasteiger partial charge in [0.1, 0.15) is 6.04 Å². The first-order chi connectivity index (χ1) is 19.2. The van der Waals surface area contributed by atoms with Crippen LogP contribution in [0.1, 0.15) is 42.5 Å². The Hall–Kier alpha value is -4.40. The van der Waals surface area contributed by atoms with Crippen LogP contribution >= 0.6 is 0 Å². The Morgan fingerprint density at radius 1 is 1.12 bits per heavy atom. The van der Waals surface area contributed by atoms with Crippen LogP contribution in [0.25, 0.3) is 0 Å². The number of nitrogens with two attached hydrogens (primary N) is 1. The fourth-order valence-corrected chi connectivity index (χ4v) is 6.00. The van der Waals surface area contributed by atoms with Gasteiger partial charge in [0, 0.05) is 31.1 Å². The van der Waals surface area contributed by atoms with Crippen LogP contribution < -0.4 is 10.6 Å². The molecule has 2 N–H and O–H groups in total. The maximum absolute atomic E-state index is 14.1. The minimum Gasteiger partial charge on any atom is -0.326 e. The molecule has 1 saturated heterocycles. The molecule has 0 radical (unpaired) electrons.